The van der Waals surface area contributed by atoms with Crippen molar-refractivity contribution in [1.82, 2.24) is 15.1 Å². The third kappa shape index (κ3) is 4.85. The van der Waals surface area contributed by atoms with Crippen LogP contribution in [0.2, 0.25) is 0 Å². The van der Waals surface area contributed by atoms with Crippen molar-refractivity contribution < 1.29 is 14.0 Å². The van der Waals surface area contributed by atoms with E-state index in [1.807, 2.05) is 24.3 Å². The fourth-order valence-electron chi connectivity index (χ4n) is 3.41. The van der Waals surface area contributed by atoms with Crippen LogP contribution in [0.15, 0.2) is 47.1 Å². The summed E-state index contributed by atoms with van der Waals surface area (Å²) in [5, 5.41) is 10.4. The molecule has 0 spiro atoms. The van der Waals surface area contributed by atoms with Gasteiger partial charge in [-0.1, -0.05) is 32.9 Å². The number of aromatic nitrogens is 2. The summed E-state index contributed by atoms with van der Waals surface area (Å²) >= 11 is 1.75. The van der Waals surface area contributed by atoms with Gasteiger partial charge in [0.05, 0.1) is 18.5 Å². The zero-order chi connectivity index (χ0) is 22.0. The Hall–Kier alpha value is -3.00. The van der Waals surface area contributed by atoms with Crippen molar-refractivity contribution in [2.45, 2.75) is 50.8 Å². The molecule has 0 saturated heterocycles. The van der Waals surface area contributed by atoms with Gasteiger partial charge < -0.3 is 15.1 Å². The third-order valence-corrected chi connectivity index (χ3v) is 6.17. The minimum absolute atomic E-state index is 0.0225. The molecule has 1 aliphatic heterocycles. The number of amides is 2. The predicted molar refractivity (Wildman–Crippen MR) is 121 cm³/mol. The fraction of sp³-hybridized carbons (Fsp3) is 0.348. The Bertz CT molecular complexity index is 1080. The quantitative estimate of drug-likeness (QED) is 0.605. The molecule has 2 N–H and O–H groups in total. The summed E-state index contributed by atoms with van der Waals surface area (Å²) in [4.78, 5) is 25.4. The highest BCUT2D eigenvalue weighted by molar-refractivity contribution is 7.98. The van der Waals surface area contributed by atoms with Crippen LogP contribution in [0.5, 0.6) is 0 Å². The van der Waals surface area contributed by atoms with E-state index in [4.69, 9.17) is 4.42 Å². The molecular formula is C23H26N4O3S. The lowest BCUT2D eigenvalue weighted by Gasteiger charge is -2.19. The summed E-state index contributed by atoms with van der Waals surface area (Å²) in [5.41, 5.74) is 3.67. The molecule has 0 radical (unpaired) electrons. The minimum atomic E-state index is -0.211. The van der Waals surface area contributed by atoms with Gasteiger partial charge in [-0.25, -0.2) is 4.68 Å². The summed E-state index contributed by atoms with van der Waals surface area (Å²) in [6.45, 7) is 6.75. The van der Waals surface area contributed by atoms with Crippen LogP contribution in [0, 0.1) is 0 Å². The first kappa shape index (κ1) is 21.2. The Kier molecular flexibility index (Phi) is 5.91. The lowest BCUT2D eigenvalue weighted by Crippen LogP contribution is -2.28. The van der Waals surface area contributed by atoms with Gasteiger partial charge in [-0.3, -0.25) is 9.59 Å². The Balaban J connectivity index is 1.48. The van der Waals surface area contributed by atoms with E-state index in [0.29, 0.717) is 23.7 Å². The van der Waals surface area contributed by atoms with Crippen molar-refractivity contribution in [3.05, 3.63) is 70.8 Å². The number of fused-ring (bicyclic) bond motifs is 1. The largest absolute Gasteiger partial charge is 0.467 e. The maximum atomic E-state index is 12.9. The van der Waals surface area contributed by atoms with E-state index in [9.17, 15) is 9.59 Å². The third-order valence-electron chi connectivity index (χ3n) is 5.20. The zero-order valence-corrected chi connectivity index (χ0v) is 18.7. The van der Waals surface area contributed by atoms with E-state index >= 15 is 0 Å². The topological polar surface area (TPSA) is 89.2 Å². The van der Waals surface area contributed by atoms with Crippen LogP contribution in [-0.4, -0.2) is 21.6 Å². The number of anilines is 1. The number of carbonyl (C=O) groups is 2. The zero-order valence-electron chi connectivity index (χ0n) is 17.9. The van der Waals surface area contributed by atoms with Gasteiger partial charge >= 0.3 is 0 Å². The van der Waals surface area contributed by atoms with Gasteiger partial charge in [0.25, 0.3) is 5.91 Å². The highest BCUT2D eigenvalue weighted by Gasteiger charge is 2.25. The van der Waals surface area contributed by atoms with E-state index < -0.39 is 0 Å². The second-order valence-electron chi connectivity index (χ2n) is 8.56. The molecule has 0 saturated carbocycles. The number of nitrogens with zero attached hydrogens (tertiary/aromatic N) is 2. The van der Waals surface area contributed by atoms with Crippen LogP contribution in [0.1, 0.15) is 53.7 Å². The second kappa shape index (κ2) is 8.63. The van der Waals surface area contributed by atoms with Crippen molar-refractivity contribution in [2.24, 2.45) is 0 Å². The first-order chi connectivity index (χ1) is 14.8. The Morgan fingerprint density at radius 1 is 1.16 bits per heavy atom. The first-order valence-corrected chi connectivity index (χ1v) is 11.3. The number of hydrogen-bond donors (Lipinski definition) is 2. The number of rotatable bonds is 6. The molecular weight excluding hydrogens is 412 g/mol. The van der Waals surface area contributed by atoms with Crippen LogP contribution < -0.4 is 10.6 Å². The number of hydrogen-bond acceptors (Lipinski definition) is 5. The summed E-state index contributed by atoms with van der Waals surface area (Å²) < 4.78 is 6.83. The smallest absolute Gasteiger partial charge is 0.256 e. The predicted octanol–water partition coefficient (Wildman–Crippen LogP) is 4.09. The number of thioether (sulfide) groups is 1. The monoisotopic (exact) mass is 438 g/mol. The van der Waals surface area contributed by atoms with Gasteiger partial charge in [-0.15, -0.1) is 0 Å². The van der Waals surface area contributed by atoms with Crippen LogP contribution in [0.4, 0.5) is 5.82 Å². The number of benzene rings is 1. The molecule has 7 nitrogen and oxygen atoms in total. The molecule has 0 fully saturated rings. The van der Waals surface area contributed by atoms with E-state index in [2.05, 4.69) is 36.5 Å². The molecule has 1 aromatic carbocycles. The van der Waals surface area contributed by atoms with E-state index in [0.717, 1.165) is 22.8 Å². The van der Waals surface area contributed by atoms with Gasteiger partial charge in [0.1, 0.15) is 18.1 Å². The molecule has 0 aliphatic carbocycles. The molecule has 162 valence electrons. The van der Waals surface area contributed by atoms with Crippen LogP contribution >= 0.6 is 11.8 Å². The van der Waals surface area contributed by atoms with E-state index in [1.54, 1.807) is 34.8 Å². The summed E-state index contributed by atoms with van der Waals surface area (Å²) in [6.07, 6.45) is 1.57. The number of furan rings is 1. The van der Waals surface area contributed by atoms with Crippen LogP contribution in [0.25, 0.3) is 0 Å². The van der Waals surface area contributed by atoms with E-state index in [1.165, 1.54) is 5.56 Å². The van der Waals surface area contributed by atoms with Gasteiger partial charge in [0, 0.05) is 22.6 Å². The average Bonchev–Trinajstić information content (AvgIpc) is 3.46. The van der Waals surface area contributed by atoms with E-state index in [-0.39, 0.29) is 23.8 Å². The van der Waals surface area contributed by atoms with Gasteiger partial charge in [-0.2, -0.15) is 16.9 Å². The summed E-state index contributed by atoms with van der Waals surface area (Å²) in [5.74, 6) is 2.41. The average molecular weight is 439 g/mol. The standard InChI is InChI=1S/C23H26N4O3S/c1-23(2,3)16-8-6-15(7-9-16)22(29)25-21-18-13-31-14-19(18)26-27(21)12-20(28)24-11-17-5-4-10-30-17/h4-10H,11-14H2,1-3H3,(H,24,28)(H,25,29). The van der Waals surface area contributed by atoms with Gasteiger partial charge in [0.15, 0.2) is 0 Å². The Morgan fingerprint density at radius 3 is 2.61 bits per heavy atom. The highest BCUT2D eigenvalue weighted by atomic mass is 32.2. The Labute approximate surface area is 185 Å². The minimum Gasteiger partial charge on any atom is -0.467 e. The van der Waals surface area contributed by atoms with Gasteiger partial charge in [0.2, 0.25) is 5.91 Å². The lowest BCUT2D eigenvalue weighted by atomic mass is 9.87. The molecule has 31 heavy (non-hydrogen) atoms. The molecule has 2 aromatic heterocycles. The normalized spacial score (nSPS) is 13.1. The maximum absolute atomic E-state index is 12.9. The fourth-order valence-corrected chi connectivity index (χ4v) is 4.45. The first-order valence-electron chi connectivity index (χ1n) is 10.2. The SMILES string of the molecule is CC(C)(C)c1ccc(C(=O)Nc2c3c(nn2CC(=O)NCc2ccco2)CSC3)cc1. The van der Waals surface area contributed by atoms with Crippen LogP contribution in [0.3, 0.4) is 0 Å². The molecule has 4 rings (SSSR count). The summed E-state index contributed by atoms with van der Waals surface area (Å²) in [6, 6.07) is 11.2. The maximum Gasteiger partial charge on any atom is 0.256 e. The molecule has 1 aliphatic rings. The highest BCUT2D eigenvalue weighted by Crippen LogP contribution is 2.35. The molecule has 0 atom stereocenters. The molecule has 3 heterocycles. The van der Waals surface area contributed by atoms with Crippen molar-refractivity contribution in [3.8, 4) is 0 Å². The van der Waals surface area contributed by atoms with Gasteiger partial charge in [-0.05, 0) is 35.2 Å². The van der Waals surface area contributed by atoms with Crippen LogP contribution in [-0.2, 0) is 34.8 Å². The number of nitrogens with one attached hydrogen (secondary N) is 2. The van der Waals surface area contributed by atoms with Crippen molar-refractivity contribution in [1.29, 1.82) is 0 Å². The molecule has 8 heteroatoms. The second-order valence-corrected chi connectivity index (χ2v) is 9.55. The van der Waals surface area contributed by atoms with Crippen molar-refractivity contribution >= 4 is 29.4 Å². The molecule has 0 bridgehead atoms. The Morgan fingerprint density at radius 2 is 1.94 bits per heavy atom. The molecule has 0 unspecified atom stereocenters. The summed E-state index contributed by atoms with van der Waals surface area (Å²) in [7, 11) is 0. The van der Waals surface area contributed by atoms with Crippen molar-refractivity contribution in [3.63, 3.8) is 0 Å². The number of carbonyl (C=O) groups excluding carboxylic acids is 2. The lowest BCUT2D eigenvalue weighted by molar-refractivity contribution is -0.122. The van der Waals surface area contributed by atoms with Crippen molar-refractivity contribution in [2.75, 3.05) is 5.32 Å². The molecule has 2 amide bonds. The molecule has 3 aromatic rings.